The van der Waals surface area contributed by atoms with E-state index in [0.29, 0.717) is 13.0 Å². The van der Waals surface area contributed by atoms with Gasteiger partial charge in [0.25, 0.3) is 0 Å². The summed E-state index contributed by atoms with van der Waals surface area (Å²) in [5.74, 6) is -0.397. The van der Waals surface area contributed by atoms with Gasteiger partial charge in [0.1, 0.15) is 12.2 Å². The number of ether oxygens (including phenoxy) is 2. The van der Waals surface area contributed by atoms with Crippen molar-refractivity contribution in [2.24, 2.45) is 0 Å². The topological polar surface area (TPSA) is 132 Å². The molecule has 0 amide bonds. The fourth-order valence-electron chi connectivity index (χ4n) is 6.63. The fraction of sp³-hybridized carbons (Fsp3) is 0.784. The quantitative estimate of drug-likeness (QED) is 0.0237. The van der Waals surface area contributed by atoms with E-state index in [1.165, 1.54) is 116 Å². The van der Waals surface area contributed by atoms with Gasteiger partial charge in [-0.3, -0.25) is 13.8 Å². The fourth-order valence-corrected chi connectivity index (χ4v) is 7.42. The summed E-state index contributed by atoms with van der Waals surface area (Å²) >= 11 is 0. The van der Waals surface area contributed by atoms with Crippen molar-refractivity contribution in [1.29, 1.82) is 0 Å². The minimum atomic E-state index is -4.53. The molecule has 3 atom stereocenters. The largest absolute Gasteiger partial charge is 0.472 e. The molecule has 10 heteroatoms. The number of hydrogen-bond acceptors (Lipinski definition) is 8. The summed E-state index contributed by atoms with van der Waals surface area (Å²) in [5, 5.41) is 18.4. The zero-order chi connectivity index (χ0) is 44.6. The highest BCUT2D eigenvalue weighted by atomic mass is 31.2. The van der Waals surface area contributed by atoms with Crippen molar-refractivity contribution >= 4 is 13.8 Å². The summed E-state index contributed by atoms with van der Waals surface area (Å²) in [5.41, 5.74) is 0. The third-order valence-electron chi connectivity index (χ3n) is 10.4. The molecule has 0 aliphatic rings. The van der Waals surface area contributed by atoms with Crippen LogP contribution in [0.5, 0.6) is 0 Å². The molecule has 3 N–H and O–H groups in total. The van der Waals surface area contributed by atoms with Crippen LogP contribution in [0.3, 0.4) is 0 Å². The van der Waals surface area contributed by atoms with E-state index in [2.05, 4.69) is 74.6 Å². The normalized spacial score (nSPS) is 14.4. The van der Waals surface area contributed by atoms with Gasteiger partial charge in [0.05, 0.1) is 26.4 Å². The standard InChI is InChI=1S/C51H93O9P/c1-3-5-7-9-11-13-15-17-19-21-23-24-25-27-29-31-33-35-37-39-41-43-51(54)60-50(48-59-61(55,56)58-46-49(53)45-52)47-57-44-42-40-38-36-34-32-30-28-26-22-20-18-16-14-12-10-8-6-4-2/h14-17,20-23,25,27,49-50,52-53H,3-13,18-19,24,26,28-48H2,1-2H3,(H,55,56)/b16-14-,17-15-,22-20-,23-21-,27-25-. The molecule has 0 aliphatic carbocycles. The van der Waals surface area contributed by atoms with Gasteiger partial charge in [-0.2, -0.15) is 0 Å². The second-order valence-electron chi connectivity index (χ2n) is 16.5. The zero-order valence-corrected chi connectivity index (χ0v) is 40.0. The molecule has 0 aromatic heterocycles. The molecule has 0 aromatic carbocycles. The lowest BCUT2D eigenvalue weighted by molar-refractivity contribution is -0.154. The van der Waals surface area contributed by atoms with E-state index in [1.54, 1.807) is 0 Å². The number of rotatable bonds is 47. The maximum atomic E-state index is 12.7. The lowest BCUT2D eigenvalue weighted by Gasteiger charge is -2.20. The predicted octanol–water partition coefficient (Wildman–Crippen LogP) is 14.3. The molecule has 0 spiro atoms. The highest BCUT2D eigenvalue weighted by Gasteiger charge is 2.26. The number of esters is 1. The van der Waals surface area contributed by atoms with Crippen LogP contribution >= 0.6 is 7.82 Å². The van der Waals surface area contributed by atoms with Gasteiger partial charge >= 0.3 is 13.8 Å². The highest BCUT2D eigenvalue weighted by Crippen LogP contribution is 2.43. The van der Waals surface area contributed by atoms with Crippen LogP contribution < -0.4 is 0 Å². The second-order valence-corrected chi connectivity index (χ2v) is 17.9. The van der Waals surface area contributed by atoms with Crippen molar-refractivity contribution in [3.63, 3.8) is 0 Å². The van der Waals surface area contributed by atoms with Crippen LogP contribution in [0.15, 0.2) is 60.8 Å². The Morgan fingerprint density at radius 3 is 1.34 bits per heavy atom. The van der Waals surface area contributed by atoms with Crippen LogP contribution in [0.2, 0.25) is 0 Å². The predicted molar refractivity (Wildman–Crippen MR) is 256 cm³/mol. The maximum absolute atomic E-state index is 12.7. The first-order valence-electron chi connectivity index (χ1n) is 24.8. The molecule has 0 aromatic rings. The van der Waals surface area contributed by atoms with Gasteiger partial charge < -0.3 is 24.6 Å². The van der Waals surface area contributed by atoms with E-state index in [0.717, 1.165) is 70.6 Å². The van der Waals surface area contributed by atoms with Crippen molar-refractivity contribution in [2.75, 3.05) is 33.0 Å². The summed E-state index contributed by atoms with van der Waals surface area (Å²) in [6.07, 6.45) is 56.0. The number of phosphoric acid groups is 1. The van der Waals surface area contributed by atoms with Crippen LogP contribution in [0, 0.1) is 0 Å². The zero-order valence-electron chi connectivity index (χ0n) is 39.1. The van der Waals surface area contributed by atoms with Gasteiger partial charge in [0.15, 0.2) is 0 Å². The highest BCUT2D eigenvalue weighted by molar-refractivity contribution is 7.47. The molecule has 0 saturated heterocycles. The van der Waals surface area contributed by atoms with E-state index in [1.807, 2.05) is 0 Å². The molecule has 9 nitrogen and oxygen atoms in total. The number of hydrogen-bond donors (Lipinski definition) is 3. The van der Waals surface area contributed by atoms with E-state index in [9.17, 15) is 19.4 Å². The number of carbonyl (C=O) groups is 1. The summed E-state index contributed by atoms with van der Waals surface area (Å²) in [6, 6.07) is 0. The van der Waals surface area contributed by atoms with Gasteiger partial charge in [-0.25, -0.2) is 4.57 Å². The van der Waals surface area contributed by atoms with Gasteiger partial charge in [-0.05, 0) is 83.5 Å². The molecule has 0 heterocycles. The third-order valence-corrected chi connectivity index (χ3v) is 11.4. The molecule has 0 aliphatic heterocycles. The smallest absolute Gasteiger partial charge is 0.457 e. The van der Waals surface area contributed by atoms with E-state index in [-0.39, 0.29) is 19.6 Å². The second kappa shape index (κ2) is 47.6. The number of unbranched alkanes of at least 4 members (excludes halogenated alkanes) is 23. The molecular formula is C51H93O9P. The Hall–Kier alpha value is -1.84. The molecule has 0 fully saturated rings. The Labute approximate surface area is 374 Å². The van der Waals surface area contributed by atoms with Gasteiger partial charge in [0, 0.05) is 13.0 Å². The van der Waals surface area contributed by atoms with Crippen LogP contribution in [-0.4, -0.2) is 66.3 Å². The Morgan fingerprint density at radius 1 is 0.508 bits per heavy atom. The Bertz CT molecular complexity index is 1140. The minimum absolute atomic E-state index is 0.0379. The lowest BCUT2D eigenvalue weighted by atomic mass is 10.1. The van der Waals surface area contributed by atoms with E-state index < -0.39 is 39.2 Å². The average molecular weight is 881 g/mol. The number of phosphoric ester groups is 1. The molecule has 0 bridgehead atoms. The van der Waals surface area contributed by atoms with Gasteiger partial charge in [-0.15, -0.1) is 0 Å². The Morgan fingerprint density at radius 2 is 0.885 bits per heavy atom. The Kier molecular flexibility index (Phi) is 46.2. The first kappa shape index (κ1) is 59.2. The van der Waals surface area contributed by atoms with Crippen molar-refractivity contribution in [3.05, 3.63) is 60.8 Å². The molecule has 0 rings (SSSR count). The molecule has 61 heavy (non-hydrogen) atoms. The van der Waals surface area contributed by atoms with Crippen LogP contribution in [0.25, 0.3) is 0 Å². The van der Waals surface area contributed by atoms with E-state index in [4.69, 9.17) is 23.6 Å². The molecule has 0 saturated carbocycles. The summed E-state index contributed by atoms with van der Waals surface area (Å²) in [6.45, 7) is 3.47. The molecular weight excluding hydrogens is 788 g/mol. The van der Waals surface area contributed by atoms with Crippen LogP contribution in [0.1, 0.15) is 213 Å². The summed E-state index contributed by atoms with van der Waals surface area (Å²) in [7, 11) is -4.53. The SMILES string of the molecule is CCCCCC/C=C\C/C=C\CCCCCCCCCCOCC(COP(=O)(O)OCC(O)CO)OC(=O)CCCCCCCC/C=C\C/C=C\C/C=C\CCCCCCC. The van der Waals surface area contributed by atoms with Gasteiger partial charge in [0.2, 0.25) is 0 Å². The number of aliphatic hydroxyl groups excluding tert-OH is 2. The van der Waals surface area contributed by atoms with Gasteiger partial charge in [-0.1, -0.05) is 184 Å². The monoisotopic (exact) mass is 881 g/mol. The lowest BCUT2D eigenvalue weighted by Crippen LogP contribution is -2.29. The number of aliphatic hydroxyl groups is 2. The van der Waals surface area contributed by atoms with Crippen LogP contribution in [-0.2, 0) is 27.9 Å². The number of carbonyl (C=O) groups excluding carboxylic acids is 1. The minimum Gasteiger partial charge on any atom is -0.457 e. The van der Waals surface area contributed by atoms with Crippen molar-refractivity contribution in [3.8, 4) is 0 Å². The molecule has 0 radical (unpaired) electrons. The van der Waals surface area contributed by atoms with Crippen molar-refractivity contribution < 1.29 is 43.0 Å². The van der Waals surface area contributed by atoms with Crippen molar-refractivity contribution in [2.45, 2.75) is 225 Å². The molecule has 3 unspecified atom stereocenters. The van der Waals surface area contributed by atoms with Crippen LogP contribution in [0.4, 0.5) is 0 Å². The van der Waals surface area contributed by atoms with Crippen molar-refractivity contribution in [1.82, 2.24) is 0 Å². The summed E-state index contributed by atoms with van der Waals surface area (Å²) < 4.78 is 33.5. The average Bonchev–Trinajstić information content (AvgIpc) is 3.25. The first-order chi connectivity index (χ1) is 29.8. The number of allylic oxidation sites excluding steroid dienone is 10. The van der Waals surface area contributed by atoms with E-state index >= 15 is 0 Å². The Balaban J connectivity index is 4.16. The third kappa shape index (κ3) is 47.5. The maximum Gasteiger partial charge on any atom is 0.472 e. The summed E-state index contributed by atoms with van der Waals surface area (Å²) in [4.78, 5) is 22.7. The molecule has 356 valence electrons. The first-order valence-corrected chi connectivity index (χ1v) is 26.3.